The lowest BCUT2D eigenvalue weighted by Crippen LogP contribution is -1.76. The molecular weight excluding hydrogens is 272 g/mol. The van der Waals surface area contributed by atoms with E-state index < -0.39 is 0 Å². The number of rotatable bonds is 2. The van der Waals surface area contributed by atoms with Crippen molar-refractivity contribution in [2.45, 2.75) is 6.92 Å². The molecule has 1 aromatic heterocycles. The molecule has 3 aromatic rings. The number of hydrogen-bond donors (Lipinski definition) is 0. The molecule has 2 nitrogen and oxygen atoms in total. The quantitative estimate of drug-likeness (QED) is 0.488. The Kier molecular flexibility index (Phi) is 3.22. The van der Waals surface area contributed by atoms with E-state index in [1.807, 2.05) is 18.2 Å². The van der Waals surface area contributed by atoms with Crippen LogP contribution in [-0.4, -0.2) is 10.1 Å². The van der Waals surface area contributed by atoms with Crippen molar-refractivity contribution in [2.75, 3.05) is 0 Å². The summed E-state index contributed by atoms with van der Waals surface area (Å²) in [4.78, 5) is 8.64. The van der Waals surface area contributed by atoms with E-state index in [9.17, 15) is 0 Å². The molecule has 0 N–H and O–H groups in total. The van der Waals surface area contributed by atoms with Gasteiger partial charge in [-0.05, 0) is 37.3 Å². The first-order valence-electron chi connectivity index (χ1n) is 5.82. The number of aliphatic imine (C=N–C) groups is 1. The molecular formula is C15H10N2S2. The zero-order chi connectivity index (χ0) is 13.2. The molecule has 0 bridgehead atoms. The summed E-state index contributed by atoms with van der Waals surface area (Å²) in [5.41, 5.74) is 4.21. The Balaban J connectivity index is 2.10. The minimum Gasteiger partial charge on any atom is -0.236 e. The summed E-state index contributed by atoms with van der Waals surface area (Å²) in [6.07, 6.45) is 0. The van der Waals surface area contributed by atoms with Gasteiger partial charge in [0.2, 0.25) is 0 Å². The maximum atomic E-state index is 4.64. The number of aromatic nitrogens is 1. The maximum absolute atomic E-state index is 4.64. The molecule has 3 rings (SSSR count). The van der Waals surface area contributed by atoms with Crippen molar-refractivity contribution >= 4 is 44.6 Å². The fraction of sp³-hybridized carbons (Fsp3) is 0.0667. The van der Waals surface area contributed by atoms with Crippen molar-refractivity contribution in [1.29, 1.82) is 0 Å². The van der Waals surface area contributed by atoms with Gasteiger partial charge >= 0.3 is 0 Å². The smallest absolute Gasteiger partial charge is 0.124 e. The van der Waals surface area contributed by atoms with E-state index >= 15 is 0 Å². The van der Waals surface area contributed by atoms with Crippen LogP contribution in [0.3, 0.4) is 0 Å². The lowest BCUT2D eigenvalue weighted by atomic mass is 10.2. The van der Waals surface area contributed by atoms with Crippen molar-refractivity contribution in [2.24, 2.45) is 4.99 Å². The van der Waals surface area contributed by atoms with Gasteiger partial charge in [-0.2, -0.15) is 4.99 Å². The van der Waals surface area contributed by atoms with Crippen LogP contribution in [0.15, 0.2) is 47.5 Å². The SMILES string of the molecule is Cc1ccc(-c2nc3ccc(N=C=S)cc3s2)cc1. The summed E-state index contributed by atoms with van der Waals surface area (Å²) >= 11 is 6.29. The second-order valence-electron chi connectivity index (χ2n) is 4.24. The molecule has 19 heavy (non-hydrogen) atoms. The lowest BCUT2D eigenvalue weighted by molar-refractivity contribution is 1.44. The average molecular weight is 282 g/mol. The van der Waals surface area contributed by atoms with Crippen LogP contribution in [-0.2, 0) is 0 Å². The number of thiocarbonyl (C=S) groups is 1. The van der Waals surface area contributed by atoms with E-state index in [4.69, 9.17) is 0 Å². The highest BCUT2D eigenvalue weighted by atomic mass is 32.1. The molecule has 0 saturated carbocycles. The van der Waals surface area contributed by atoms with Gasteiger partial charge in [0.1, 0.15) is 5.01 Å². The number of aryl methyl sites for hydroxylation is 1. The Morgan fingerprint density at radius 2 is 1.95 bits per heavy atom. The topological polar surface area (TPSA) is 25.2 Å². The Morgan fingerprint density at radius 3 is 2.68 bits per heavy atom. The predicted octanol–water partition coefficient (Wildman–Crippen LogP) is 5.01. The van der Waals surface area contributed by atoms with Crippen molar-refractivity contribution in [3.63, 3.8) is 0 Å². The van der Waals surface area contributed by atoms with Gasteiger partial charge in [0.05, 0.1) is 21.1 Å². The fourth-order valence-corrected chi connectivity index (χ4v) is 2.96. The van der Waals surface area contributed by atoms with Gasteiger partial charge in [0.25, 0.3) is 0 Å². The van der Waals surface area contributed by atoms with Crippen LogP contribution in [0.25, 0.3) is 20.8 Å². The highest BCUT2D eigenvalue weighted by molar-refractivity contribution is 7.78. The van der Waals surface area contributed by atoms with Crippen LogP contribution < -0.4 is 0 Å². The zero-order valence-corrected chi connectivity index (χ0v) is 11.9. The standard InChI is InChI=1S/C15H10N2S2/c1-10-2-4-11(5-3-10)15-17-13-7-6-12(16-9-18)8-14(13)19-15/h2-8H,1H3. The Labute approximate surface area is 120 Å². The second kappa shape index (κ2) is 5.02. The van der Waals surface area contributed by atoms with Gasteiger partial charge in [0, 0.05) is 5.56 Å². The number of benzene rings is 2. The summed E-state index contributed by atoms with van der Waals surface area (Å²) in [6, 6.07) is 14.3. The van der Waals surface area contributed by atoms with Crippen molar-refractivity contribution in [1.82, 2.24) is 4.98 Å². The van der Waals surface area contributed by atoms with Gasteiger partial charge in [-0.1, -0.05) is 29.8 Å². The van der Waals surface area contributed by atoms with Crippen LogP contribution in [0.5, 0.6) is 0 Å². The van der Waals surface area contributed by atoms with Crippen molar-refractivity contribution in [3.05, 3.63) is 48.0 Å². The third-order valence-corrected chi connectivity index (χ3v) is 4.00. The van der Waals surface area contributed by atoms with Gasteiger partial charge < -0.3 is 0 Å². The summed E-state index contributed by atoms with van der Waals surface area (Å²) in [7, 11) is 0. The molecule has 2 aromatic carbocycles. The molecule has 0 saturated heterocycles. The molecule has 0 aliphatic rings. The third-order valence-electron chi connectivity index (χ3n) is 2.85. The lowest BCUT2D eigenvalue weighted by Gasteiger charge is -1.95. The highest BCUT2D eigenvalue weighted by Gasteiger charge is 2.06. The monoisotopic (exact) mass is 282 g/mol. The van der Waals surface area contributed by atoms with E-state index in [0.717, 1.165) is 26.5 Å². The molecule has 0 spiro atoms. The Bertz CT molecular complexity index is 782. The molecule has 0 aliphatic carbocycles. The van der Waals surface area contributed by atoms with E-state index in [1.54, 1.807) is 11.3 Å². The third kappa shape index (κ3) is 2.47. The largest absolute Gasteiger partial charge is 0.236 e. The summed E-state index contributed by atoms with van der Waals surface area (Å²) in [5, 5.41) is 3.41. The van der Waals surface area contributed by atoms with Gasteiger partial charge in [-0.15, -0.1) is 11.3 Å². The molecule has 0 unspecified atom stereocenters. The number of isothiocyanates is 1. The average Bonchev–Trinajstić information content (AvgIpc) is 2.83. The summed E-state index contributed by atoms with van der Waals surface area (Å²) in [5.74, 6) is 0. The molecule has 0 aliphatic heterocycles. The summed E-state index contributed by atoms with van der Waals surface area (Å²) in [6.45, 7) is 2.08. The van der Waals surface area contributed by atoms with Gasteiger partial charge in [-0.25, -0.2) is 4.98 Å². The first-order valence-corrected chi connectivity index (χ1v) is 7.04. The fourth-order valence-electron chi connectivity index (χ4n) is 1.86. The molecule has 0 radical (unpaired) electrons. The molecule has 0 amide bonds. The van der Waals surface area contributed by atoms with Gasteiger partial charge in [-0.3, -0.25) is 0 Å². The molecule has 92 valence electrons. The normalized spacial score (nSPS) is 10.4. The number of nitrogens with zero attached hydrogens (tertiary/aromatic N) is 2. The molecule has 1 heterocycles. The number of fused-ring (bicyclic) bond motifs is 1. The van der Waals surface area contributed by atoms with E-state index in [1.165, 1.54) is 5.56 Å². The van der Waals surface area contributed by atoms with E-state index in [2.05, 4.69) is 58.5 Å². The maximum Gasteiger partial charge on any atom is 0.124 e. The zero-order valence-electron chi connectivity index (χ0n) is 10.3. The molecule has 0 atom stereocenters. The van der Waals surface area contributed by atoms with Crippen molar-refractivity contribution < 1.29 is 0 Å². The van der Waals surface area contributed by atoms with Crippen LogP contribution in [0.1, 0.15) is 5.56 Å². The second-order valence-corrected chi connectivity index (χ2v) is 5.45. The van der Waals surface area contributed by atoms with Crippen molar-refractivity contribution in [3.8, 4) is 10.6 Å². The molecule has 4 heteroatoms. The molecule has 0 fully saturated rings. The van der Waals surface area contributed by atoms with Crippen LogP contribution in [0.2, 0.25) is 0 Å². The van der Waals surface area contributed by atoms with Crippen LogP contribution in [0, 0.1) is 6.92 Å². The minimum atomic E-state index is 0.821. The number of hydrogen-bond acceptors (Lipinski definition) is 4. The summed E-state index contributed by atoms with van der Waals surface area (Å²) < 4.78 is 1.11. The highest BCUT2D eigenvalue weighted by Crippen LogP contribution is 2.32. The predicted molar refractivity (Wildman–Crippen MR) is 84.5 cm³/mol. The first kappa shape index (κ1) is 12.2. The minimum absolute atomic E-state index is 0.821. The first-order chi connectivity index (χ1) is 9.26. The Hall–Kier alpha value is -1.87. The van der Waals surface area contributed by atoms with Gasteiger partial charge in [0.15, 0.2) is 0 Å². The van der Waals surface area contributed by atoms with E-state index in [0.29, 0.717) is 0 Å². The Morgan fingerprint density at radius 1 is 1.16 bits per heavy atom. The number of thiazole rings is 1. The van der Waals surface area contributed by atoms with Crippen LogP contribution in [0.4, 0.5) is 5.69 Å². The van der Waals surface area contributed by atoms with E-state index in [-0.39, 0.29) is 0 Å². The van der Waals surface area contributed by atoms with Crippen LogP contribution >= 0.6 is 23.6 Å².